The van der Waals surface area contributed by atoms with E-state index in [1.54, 1.807) is 24.3 Å². The Morgan fingerprint density at radius 2 is 1.72 bits per heavy atom. The Bertz CT molecular complexity index is 818. The zero-order valence-electron chi connectivity index (χ0n) is 13.8. The molecule has 0 saturated carbocycles. The van der Waals surface area contributed by atoms with Crippen molar-refractivity contribution in [3.05, 3.63) is 72.7 Å². The van der Waals surface area contributed by atoms with Crippen molar-refractivity contribution in [3.8, 4) is 5.75 Å². The van der Waals surface area contributed by atoms with Gasteiger partial charge in [0.1, 0.15) is 17.3 Å². The molecule has 3 rings (SSSR count). The van der Waals surface area contributed by atoms with Crippen molar-refractivity contribution in [2.24, 2.45) is 0 Å². The number of hydrogen-bond acceptors (Lipinski definition) is 5. The Morgan fingerprint density at radius 1 is 0.960 bits per heavy atom. The molecule has 0 aliphatic rings. The first-order chi connectivity index (χ1) is 12.2. The summed E-state index contributed by atoms with van der Waals surface area (Å²) in [5.41, 5.74) is 1.82. The lowest BCUT2D eigenvalue weighted by Gasteiger charge is -2.08. The van der Waals surface area contributed by atoms with Crippen LogP contribution in [0.5, 0.6) is 5.75 Å². The smallest absolute Gasteiger partial charge is 0.275 e. The molecule has 2 N–H and O–H groups in total. The van der Waals surface area contributed by atoms with E-state index in [2.05, 4.69) is 20.6 Å². The summed E-state index contributed by atoms with van der Waals surface area (Å²) in [4.78, 5) is 20.6. The third-order valence-electron chi connectivity index (χ3n) is 3.35. The van der Waals surface area contributed by atoms with Gasteiger partial charge in [-0.25, -0.2) is 9.97 Å². The van der Waals surface area contributed by atoms with Gasteiger partial charge in [0.2, 0.25) is 0 Å². The van der Waals surface area contributed by atoms with Crippen molar-refractivity contribution in [2.45, 2.75) is 6.92 Å². The Balaban J connectivity index is 1.62. The van der Waals surface area contributed by atoms with Crippen molar-refractivity contribution in [1.82, 2.24) is 9.97 Å². The average molecular weight is 334 g/mol. The number of nitrogens with zero attached hydrogens (tertiary/aromatic N) is 2. The summed E-state index contributed by atoms with van der Waals surface area (Å²) in [5.74, 6) is 1.02. The number of rotatable bonds is 6. The predicted octanol–water partition coefficient (Wildman–Crippen LogP) is 3.87. The van der Waals surface area contributed by atoms with E-state index in [1.807, 2.05) is 37.3 Å². The summed E-state index contributed by atoms with van der Waals surface area (Å²) < 4.78 is 5.37. The lowest BCUT2D eigenvalue weighted by molar-refractivity contribution is 0.102. The molecule has 1 heterocycles. The zero-order valence-corrected chi connectivity index (χ0v) is 13.8. The van der Waals surface area contributed by atoms with Crippen molar-refractivity contribution in [2.75, 3.05) is 17.2 Å². The first-order valence-corrected chi connectivity index (χ1v) is 7.93. The number of para-hydroxylation sites is 1. The normalized spacial score (nSPS) is 10.1. The summed E-state index contributed by atoms with van der Waals surface area (Å²) in [7, 11) is 0. The number of amides is 1. The van der Waals surface area contributed by atoms with Crippen LogP contribution in [-0.2, 0) is 0 Å². The number of ether oxygens (including phenoxy) is 1. The van der Waals surface area contributed by atoms with Crippen LogP contribution in [0, 0.1) is 0 Å². The van der Waals surface area contributed by atoms with Crippen LogP contribution < -0.4 is 15.4 Å². The maximum absolute atomic E-state index is 12.2. The third-order valence-corrected chi connectivity index (χ3v) is 3.35. The Kier molecular flexibility index (Phi) is 5.21. The number of anilines is 3. The molecule has 0 unspecified atom stereocenters. The van der Waals surface area contributed by atoms with Crippen molar-refractivity contribution in [3.63, 3.8) is 0 Å². The lowest BCUT2D eigenvalue weighted by Crippen LogP contribution is -2.14. The SMILES string of the molecule is CCOc1ccc(NC(=O)c2cnc(Nc3ccccc3)cn2)cc1. The molecule has 126 valence electrons. The van der Waals surface area contributed by atoms with Crippen LogP contribution >= 0.6 is 0 Å². The minimum atomic E-state index is -0.317. The highest BCUT2D eigenvalue weighted by atomic mass is 16.5. The molecule has 0 fully saturated rings. The fourth-order valence-corrected chi connectivity index (χ4v) is 2.18. The van der Waals surface area contributed by atoms with Crippen LogP contribution in [0.15, 0.2) is 67.0 Å². The van der Waals surface area contributed by atoms with Gasteiger partial charge in [0.05, 0.1) is 19.0 Å². The van der Waals surface area contributed by atoms with Crippen LogP contribution in [-0.4, -0.2) is 22.5 Å². The predicted molar refractivity (Wildman–Crippen MR) is 97.3 cm³/mol. The van der Waals surface area contributed by atoms with E-state index in [0.29, 0.717) is 18.1 Å². The van der Waals surface area contributed by atoms with Gasteiger partial charge in [-0.2, -0.15) is 0 Å². The molecule has 0 bridgehead atoms. The molecule has 1 aromatic heterocycles. The maximum Gasteiger partial charge on any atom is 0.275 e. The lowest BCUT2D eigenvalue weighted by atomic mass is 10.3. The second kappa shape index (κ2) is 7.92. The van der Waals surface area contributed by atoms with Crippen LogP contribution in [0.1, 0.15) is 17.4 Å². The van der Waals surface area contributed by atoms with Gasteiger partial charge in [0.25, 0.3) is 5.91 Å². The van der Waals surface area contributed by atoms with E-state index in [1.165, 1.54) is 12.4 Å². The van der Waals surface area contributed by atoms with E-state index in [4.69, 9.17) is 4.74 Å². The fourth-order valence-electron chi connectivity index (χ4n) is 2.18. The first-order valence-electron chi connectivity index (χ1n) is 7.93. The third kappa shape index (κ3) is 4.54. The highest BCUT2D eigenvalue weighted by Crippen LogP contribution is 2.17. The maximum atomic E-state index is 12.2. The number of benzene rings is 2. The van der Waals surface area contributed by atoms with Crippen LogP contribution in [0.25, 0.3) is 0 Å². The van der Waals surface area contributed by atoms with Crippen molar-refractivity contribution in [1.29, 1.82) is 0 Å². The first kappa shape index (κ1) is 16.4. The molecule has 3 aromatic rings. The number of hydrogen-bond donors (Lipinski definition) is 2. The second-order valence-corrected chi connectivity index (χ2v) is 5.19. The molecule has 0 atom stereocenters. The molecular weight excluding hydrogens is 316 g/mol. The summed E-state index contributed by atoms with van der Waals surface area (Å²) >= 11 is 0. The summed E-state index contributed by atoms with van der Waals surface area (Å²) in [6, 6.07) is 16.8. The molecule has 0 saturated heterocycles. The standard InChI is InChI=1S/C19H18N4O2/c1-2-25-16-10-8-15(9-11-16)23-19(24)17-12-21-18(13-20-17)22-14-6-4-3-5-7-14/h3-13H,2H2,1H3,(H,21,22)(H,23,24). The summed E-state index contributed by atoms with van der Waals surface area (Å²) in [6.45, 7) is 2.52. The van der Waals surface area contributed by atoms with Gasteiger partial charge in [-0.1, -0.05) is 18.2 Å². The number of carbonyl (C=O) groups is 1. The molecule has 0 radical (unpaired) electrons. The fraction of sp³-hybridized carbons (Fsp3) is 0.105. The van der Waals surface area contributed by atoms with E-state index in [-0.39, 0.29) is 11.6 Å². The van der Waals surface area contributed by atoms with Crippen molar-refractivity contribution < 1.29 is 9.53 Å². The molecule has 1 amide bonds. The molecule has 6 nitrogen and oxygen atoms in total. The van der Waals surface area contributed by atoms with Gasteiger partial charge in [-0.3, -0.25) is 4.79 Å². The molecule has 0 aliphatic carbocycles. The molecule has 2 aromatic carbocycles. The van der Waals surface area contributed by atoms with Gasteiger partial charge < -0.3 is 15.4 Å². The molecule has 6 heteroatoms. The number of nitrogens with one attached hydrogen (secondary N) is 2. The van der Waals surface area contributed by atoms with Gasteiger partial charge >= 0.3 is 0 Å². The zero-order chi connectivity index (χ0) is 17.5. The van der Waals surface area contributed by atoms with Crippen LogP contribution in [0.2, 0.25) is 0 Å². The van der Waals surface area contributed by atoms with Crippen LogP contribution in [0.4, 0.5) is 17.2 Å². The van der Waals surface area contributed by atoms with Gasteiger partial charge in [0.15, 0.2) is 0 Å². The number of carbonyl (C=O) groups excluding carboxylic acids is 1. The minimum absolute atomic E-state index is 0.243. The topological polar surface area (TPSA) is 76.1 Å². The average Bonchev–Trinajstić information content (AvgIpc) is 2.65. The molecule has 25 heavy (non-hydrogen) atoms. The summed E-state index contributed by atoms with van der Waals surface area (Å²) in [6.07, 6.45) is 2.97. The van der Waals surface area contributed by atoms with Gasteiger partial charge in [-0.15, -0.1) is 0 Å². The number of aromatic nitrogens is 2. The van der Waals surface area contributed by atoms with E-state index in [9.17, 15) is 4.79 Å². The van der Waals surface area contributed by atoms with Gasteiger partial charge in [-0.05, 0) is 43.3 Å². The second-order valence-electron chi connectivity index (χ2n) is 5.19. The molecule has 0 aliphatic heterocycles. The van der Waals surface area contributed by atoms with Gasteiger partial charge in [0, 0.05) is 11.4 Å². The van der Waals surface area contributed by atoms with E-state index < -0.39 is 0 Å². The van der Waals surface area contributed by atoms with E-state index >= 15 is 0 Å². The molecular formula is C19H18N4O2. The molecule has 0 spiro atoms. The highest BCUT2D eigenvalue weighted by molar-refractivity contribution is 6.02. The van der Waals surface area contributed by atoms with Crippen molar-refractivity contribution >= 4 is 23.1 Å². The quantitative estimate of drug-likeness (QED) is 0.715. The summed E-state index contributed by atoms with van der Waals surface area (Å²) in [5, 5.41) is 5.90. The Morgan fingerprint density at radius 3 is 2.36 bits per heavy atom. The largest absolute Gasteiger partial charge is 0.494 e. The van der Waals surface area contributed by atoms with E-state index in [0.717, 1.165) is 11.4 Å². The minimum Gasteiger partial charge on any atom is -0.494 e. The highest BCUT2D eigenvalue weighted by Gasteiger charge is 2.09. The Labute approximate surface area is 145 Å². The van der Waals surface area contributed by atoms with Crippen LogP contribution in [0.3, 0.4) is 0 Å². The Hall–Kier alpha value is -3.41. The monoisotopic (exact) mass is 334 g/mol.